The second kappa shape index (κ2) is 13.9. The number of unbranched alkanes of at least 4 members (excludes halogenated alkanes) is 3. The Labute approximate surface area is 168 Å². The van der Waals surface area contributed by atoms with Gasteiger partial charge in [0, 0.05) is 25.2 Å². The van der Waals surface area contributed by atoms with Crippen LogP contribution in [0, 0.1) is 11.8 Å². The summed E-state index contributed by atoms with van der Waals surface area (Å²) in [6, 6.07) is 0. The number of ether oxygens (including phenoxy) is 2. The van der Waals surface area contributed by atoms with Crippen molar-refractivity contribution in [3.63, 3.8) is 0 Å². The summed E-state index contributed by atoms with van der Waals surface area (Å²) in [6.45, 7) is 3.56. The van der Waals surface area contributed by atoms with E-state index in [2.05, 4.69) is 11.7 Å². The van der Waals surface area contributed by atoms with E-state index >= 15 is 0 Å². The zero-order valence-corrected chi connectivity index (χ0v) is 17.4. The number of allylic oxidation sites excluding steroid dienone is 5. The quantitative estimate of drug-likeness (QED) is 0.259. The highest BCUT2D eigenvalue weighted by Crippen LogP contribution is 2.28. The summed E-state index contributed by atoms with van der Waals surface area (Å²) in [4.78, 5) is 34.6. The van der Waals surface area contributed by atoms with Crippen LogP contribution in [0.3, 0.4) is 0 Å². The minimum absolute atomic E-state index is 0.0245. The van der Waals surface area contributed by atoms with Gasteiger partial charge in [-0.1, -0.05) is 44.1 Å². The van der Waals surface area contributed by atoms with Gasteiger partial charge in [0.2, 0.25) is 0 Å². The molecule has 0 fully saturated rings. The summed E-state index contributed by atoms with van der Waals surface area (Å²) < 4.78 is 10.00. The maximum absolute atomic E-state index is 12.2. The molecule has 1 aliphatic rings. The third-order valence-corrected chi connectivity index (χ3v) is 4.81. The van der Waals surface area contributed by atoms with Gasteiger partial charge < -0.3 is 9.47 Å². The first-order valence-electron chi connectivity index (χ1n) is 10.3. The fourth-order valence-electron chi connectivity index (χ4n) is 3.21. The number of esters is 2. The Bertz CT molecular complexity index is 588. The van der Waals surface area contributed by atoms with Gasteiger partial charge in [-0.15, -0.1) is 0 Å². The maximum Gasteiger partial charge on any atom is 0.305 e. The Morgan fingerprint density at radius 1 is 1.21 bits per heavy atom. The molecule has 0 saturated carbocycles. The molecule has 0 aromatic rings. The molecule has 0 aromatic heterocycles. The predicted molar refractivity (Wildman–Crippen MR) is 110 cm³/mol. The van der Waals surface area contributed by atoms with Crippen molar-refractivity contribution in [2.24, 2.45) is 11.8 Å². The topological polar surface area (TPSA) is 69.7 Å². The molecule has 3 atom stereocenters. The Morgan fingerprint density at radius 3 is 2.68 bits per heavy atom. The van der Waals surface area contributed by atoms with Gasteiger partial charge >= 0.3 is 11.9 Å². The molecule has 0 radical (unpaired) electrons. The highest BCUT2D eigenvalue weighted by Gasteiger charge is 2.27. The summed E-state index contributed by atoms with van der Waals surface area (Å²) in [5, 5.41) is 0. The molecular weight excluding hydrogens is 356 g/mol. The van der Waals surface area contributed by atoms with E-state index in [1.165, 1.54) is 14.0 Å². The number of carbonyl (C=O) groups excluding carboxylic acids is 3. The molecular formula is C23H34O5. The molecule has 0 aliphatic heterocycles. The van der Waals surface area contributed by atoms with Gasteiger partial charge in [0.05, 0.1) is 7.11 Å². The smallest absolute Gasteiger partial charge is 0.305 e. The van der Waals surface area contributed by atoms with Gasteiger partial charge in [0.15, 0.2) is 5.78 Å². The number of rotatable bonds is 13. The van der Waals surface area contributed by atoms with Gasteiger partial charge in [0.25, 0.3) is 0 Å². The maximum atomic E-state index is 12.2. The van der Waals surface area contributed by atoms with Gasteiger partial charge in [-0.3, -0.25) is 14.4 Å². The second-order valence-electron chi connectivity index (χ2n) is 7.15. The summed E-state index contributed by atoms with van der Waals surface area (Å²) >= 11 is 0. The van der Waals surface area contributed by atoms with Crippen molar-refractivity contribution in [1.82, 2.24) is 0 Å². The van der Waals surface area contributed by atoms with Crippen LogP contribution in [0.25, 0.3) is 0 Å². The molecule has 5 nitrogen and oxygen atoms in total. The van der Waals surface area contributed by atoms with Gasteiger partial charge in [-0.2, -0.15) is 0 Å². The third-order valence-electron chi connectivity index (χ3n) is 4.81. The van der Waals surface area contributed by atoms with Crippen LogP contribution in [0.2, 0.25) is 0 Å². The standard InChI is InChI=1S/C23H34O5/c1-4-5-8-11-20(28-18(2)24)16-14-19-15-17-22(25)21(19)12-9-6-7-10-13-23(26)27-3/h6,9,14-17,19-21H,4-5,7-8,10-13H2,1-3H3/b9-6-,16-14+/t19?,20-,21-/m1/s1. The number of carbonyl (C=O) groups is 3. The zero-order chi connectivity index (χ0) is 20.8. The average molecular weight is 391 g/mol. The molecule has 0 N–H and O–H groups in total. The van der Waals surface area contributed by atoms with Crippen LogP contribution >= 0.6 is 0 Å². The van der Waals surface area contributed by atoms with Crippen LogP contribution in [0.5, 0.6) is 0 Å². The molecule has 0 spiro atoms. The van der Waals surface area contributed by atoms with Crippen LogP contribution in [-0.4, -0.2) is 30.9 Å². The third kappa shape index (κ3) is 9.67. The van der Waals surface area contributed by atoms with Crippen LogP contribution in [0.4, 0.5) is 0 Å². The number of hydrogen-bond donors (Lipinski definition) is 0. The summed E-state index contributed by atoms with van der Waals surface area (Å²) in [5.74, 6) is -0.437. The summed E-state index contributed by atoms with van der Waals surface area (Å²) in [6.07, 6.45) is 17.9. The van der Waals surface area contributed by atoms with Crippen molar-refractivity contribution in [2.75, 3.05) is 7.11 Å². The van der Waals surface area contributed by atoms with E-state index in [4.69, 9.17) is 4.74 Å². The normalized spacial score (nSPS) is 20.2. The van der Waals surface area contributed by atoms with E-state index in [-0.39, 0.29) is 35.7 Å². The minimum Gasteiger partial charge on any atom is -0.469 e. The predicted octanol–water partition coefficient (Wildman–Crippen LogP) is 4.72. The van der Waals surface area contributed by atoms with Crippen molar-refractivity contribution in [3.8, 4) is 0 Å². The lowest BCUT2D eigenvalue weighted by atomic mass is 9.90. The van der Waals surface area contributed by atoms with Crippen LogP contribution in [0.1, 0.15) is 65.2 Å². The Hall–Kier alpha value is -2.17. The van der Waals surface area contributed by atoms with Gasteiger partial charge in [0.1, 0.15) is 6.10 Å². The number of hydrogen-bond acceptors (Lipinski definition) is 5. The van der Waals surface area contributed by atoms with Crippen molar-refractivity contribution in [3.05, 3.63) is 36.5 Å². The van der Waals surface area contributed by atoms with Gasteiger partial charge in [-0.05, 0) is 44.3 Å². The fourth-order valence-corrected chi connectivity index (χ4v) is 3.21. The number of ketones is 1. The first-order valence-corrected chi connectivity index (χ1v) is 10.3. The van der Waals surface area contributed by atoms with E-state index in [1.807, 2.05) is 30.4 Å². The Balaban J connectivity index is 2.53. The minimum atomic E-state index is -0.282. The molecule has 0 amide bonds. The Kier molecular flexibility index (Phi) is 11.9. The molecule has 0 bridgehead atoms. The molecule has 1 rings (SSSR count). The molecule has 0 saturated heterocycles. The van der Waals surface area contributed by atoms with E-state index in [9.17, 15) is 14.4 Å². The van der Waals surface area contributed by atoms with Gasteiger partial charge in [-0.25, -0.2) is 0 Å². The molecule has 28 heavy (non-hydrogen) atoms. The lowest BCUT2D eigenvalue weighted by Gasteiger charge is -2.16. The molecule has 1 unspecified atom stereocenters. The summed E-state index contributed by atoms with van der Waals surface area (Å²) in [5.41, 5.74) is 0. The van der Waals surface area contributed by atoms with E-state index < -0.39 is 0 Å². The first kappa shape index (κ1) is 23.9. The molecule has 0 aromatic carbocycles. The van der Waals surface area contributed by atoms with E-state index in [1.54, 1.807) is 6.08 Å². The van der Waals surface area contributed by atoms with Crippen molar-refractivity contribution in [1.29, 1.82) is 0 Å². The average Bonchev–Trinajstić information content (AvgIpc) is 3.01. The number of methoxy groups -OCH3 is 1. The summed E-state index contributed by atoms with van der Waals surface area (Å²) in [7, 11) is 1.39. The van der Waals surface area contributed by atoms with E-state index in [0.717, 1.165) is 38.5 Å². The molecule has 5 heteroatoms. The molecule has 1 aliphatic carbocycles. The molecule has 156 valence electrons. The first-order chi connectivity index (χ1) is 13.5. The molecule has 0 heterocycles. The lowest BCUT2D eigenvalue weighted by Crippen LogP contribution is -2.16. The largest absolute Gasteiger partial charge is 0.469 e. The van der Waals surface area contributed by atoms with Crippen molar-refractivity contribution in [2.45, 2.75) is 71.3 Å². The lowest BCUT2D eigenvalue weighted by molar-refractivity contribution is -0.144. The van der Waals surface area contributed by atoms with Crippen LogP contribution < -0.4 is 0 Å². The highest BCUT2D eigenvalue weighted by molar-refractivity contribution is 5.95. The fraction of sp³-hybridized carbons (Fsp3) is 0.609. The SMILES string of the molecule is CCCCC[C@H](/C=C/C1C=CC(=O)[C@@H]1C/C=C\CCCC(=O)OC)OC(C)=O. The van der Waals surface area contributed by atoms with Crippen molar-refractivity contribution >= 4 is 17.7 Å². The van der Waals surface area contributed by atoms with Crippen molar-refractivity contribution < 1.29 is 23.9 Å². The van der Waals surface area contributed by atoms with Crippen LogP contribution in [-0.2, 0) is 23.9 Å². The monoisotopic (exact) mass is 390 g/mol. The van der Waals surface area contributed by atoms with E-state index in [0.29, 0.717) is 12.8 Å². The Morgan fingerprint density at radius 2 is 2.00 bits per heavy atom. The highest BCUT2D eigenvalue weighted by atomic mass is 16.5. The zero-order valence-electron chi connectivity index (χ0n) is 17.4. The van der Waals surface area contributed by atoms with Crippen LogP contribution in [0.15, 0.2) is 36.5 Å². The second-order valence-corrected chi connectivity index (χ2v) is 7.15.